The Balaban J connectivity index is 0.00000180. The predicted octanol–water partition coefficient (Wildman–Crippen LogP) is 3.21. The molecule has 1 aromatic carbocycles. The smallest absolute Gasteiger partial charge is 0.225 e. The van der Waals surface area contributed by atoms with Crippen LogP contribution in [0.4, 0.5) is 10.2 Å². The van der Waals surface area contributed by atoms with E-state index >= 15 is 0 Å². The summed E-state index contributed by atoms with van der Waals surface area (Å²) in [6.07, 6.45) is 2.43. The fourth-order valence-electron chi connectivity index (χ4n) is 1.59. The van der Waals surface area contributed by atoms with Crippen molar-refractivity contribution in [2.45, 2.75) is 12.8 Å². The number of anilines is 1. The first-order valence-corrected chi connectivity index (χ1v) is 5.69. The molecule has 0 unspecified atom stereocenters. The second-order valence-corrected chi connectivity index (χ2v) is 3.89. The van der Waals surface area contributed by atoms with E-state index in [0.29, 0.717) is 18.7 Å². The lowest BCUT2D eigenvalue weighted by molar-refractivity contribution is -0.116. The first-order chi connectivity index (χ1) is 8.74. The Hall–Kier alpha value is -1.94. The number of nitrogens with one attached hydrogen (secondary N) is 1. The lowest BCUT2D eigenvalue weighted by atomic mass is 10.1. The van der Waals surface area contributed by atoms with Crippen molar-refractivity contribution >= 4 is 24.1 Å². The molecule has 0 saturated carbocycles. The van der Waals surface area contributed by atoms with Crippen molar-refractivity contribution in [3.63, 3.8) is 0 Å². The summed E-state index contributed by atoms with van der Waals surface area (Å²) < 4.78 is 12.9. The summed E-state index contributed by atoms with van der Waals surface area (Å²) in [7, 11) is 0. The van der Waals surface area contributed by atoms with Gasteiger partial charge in [0.1, 0.15) is 11.6 Å². The number of pyridine rings is 1. The molecule has 1 aromatic heterocycles. The van der Waals surface area contributed by atoms with Crippen molar-refractivity contribution in [3.8, 4) is 0 Å². The van der Waals surface area contributed by atoms with E-state index < -0.39 is 0 Å². The monoisotopic (exact) mass is 280 g/mol. The van der Waals surface area contributed by atoms with Gasteiger partial charge in [0.05, 0.1) is 0 Å². The Morgan fingerprint density at radius 1 is 1.21 bits per heavy atom. The predicted molar refractivity (Wildman–Crippen MR) is 74.8 cm³/mol. The highest BCUT2D eigenvalue weighted by atomic mass is 35.5. The maximum absolute atomic E-state index is 12.9. The molecule has 2 aromatic rings. The molecule has 0 bridgehead atoms. The number of nitrogens with zero attached hydrogens (tertiary/aromatic N) is 1. The zero-order chi connectivity index (χ0) is 12.8. The van der Waals surface area contributed by atoms with E-state index in [1.165, 1.54) is 12.1 Å². The lowest BCUT2D eigenvalue weighted by Crippen LogP contribution is -2.13. The molecular weight excluding hydrogens is 267 g/mol. The molecule has 0 aliphatic carbocycles. The minimum absolute atomic E-state index is 0. The molecule has 0 aliphatic rings. The first-order valence-electron chi connectivity index (χ1n) is 5.69. The van der Waals surface area contributed by atoms with Crippen LogP contribution in [0.15, 0.2) is 48.7 Å². The number of hydrogen-bond acceptors (Lipinski definition) is 2. The van der Waals surface area contributed by atoms with Gasteiger partial charge in [-0.15, -0.1) is 12.4 Å². The summed E-state index contributed by atoms with van der Waals surface area (Å²) in [5.74, 6) is 0.123. The Kier molecular flexibility index (Phi) is 5.96. The van der Waals surface area contributed by atoms with Crippen molar-refractivity contribution in [1.82, 2.24) is 4.98 Å². The standard InChI is InChI=1S/C14H13FN2O.ClH/c15-12-5-3-4-11(10-12)7-8-14(18)17-13-6-1-2-9-16-13;/h1-6,9-10H,7-8H2,(H,16,17,18);1H. The summed E-state index contributed by atoms with van der Waals surface area (Å²) in [6.45, 7) is 0. The molecule has 100 valence electrons. The number of carbonyl (C=O) groups excluding carboxylic acids is 1. The van der Waals surface area contributed by atoms with Crippen molar-refractivity contribution in [1.29, 1.82) is 0 Å². The highest BCUT2D eigenvalue weighted by Crippen LogP contribution is 2.07. The van der Waals surface area contributed by atoms with Gasteiger partial charge in [0, 0.05) is 12.6 Å². The van der Waals surface area contributed by atoms with Gasteiger partial charge in [-0.2, -0.15) is 0 Å². The van der Waals surface area contributed by atoms with Gasteiger partial charge in [-0.1, -0.05) is 18.2 Å². The molecule has 0 atom stereocenters. The number of benzene rings is 1. The second-order valence-electron chi connectivity index (χ2n) is 3.89. The average Bonchev–Trinajstić information content (AvgIpc) is 2.38. The molecule has 19 heavy (non-hydrogen) atoms. The maximum Gasteiger partial charge on any atom is 0.225 e. The Bertz CT molecular complexity index is 534. The van der Waals surface area contributed by atoms with Gasteiger partial charge in [0.2, 0.25) is 5.91 Å². The number of hydrogen-bond donors (Lipinski definition) is 1. The van der Waals surface area contributed by atoms with Crippen LogP contribution in [0.1, 0.15) is 12.0 Å². The molecule has 0 aliphatic heterocycles. The zero-order valence-electron chi connectivity index (χ0n) is 10.2. The lowest BCUT2D eigenvalue weighted by Gasteiger charge is -2.04. The van der Waals surface area contributed by atoms with Gasteiger partial charge in [0.15, 0.2) is 0 Å². The van der Waals surface area contributed by atoms with E-state index in [2.05, 4.69) is 10.3 Å². The Morgan fingerprint density at radius 2 is 2.05 bits per heavy atom. The average molecular weight is 281 g/mol. The van der Waals surface area contributed by atoms with Crippen LogP contribution in [0.2, 0.25) is 0 Å². The van der Waals surface area contributed by atoms with Crippen LogP contribution in [0, 0.1) is 5.82 Å². The van der Waals surface area contributed by atoms with Gasteiger partial charge >= 0.3 is 0 Å². The molecule has 0 saturated heterocycles. The Labute approximate surface area is 117 Å². The van der Waals surface area contributed by atoms with Gasteiger partial charge in [-0.25, -0.2) is 9.37 Å². The summed E-state index contributed by atoms with van der Waals surface area (Å²) in [4.78, 5) is 15.6. The molecular formula is C14H14ClFN2O. The third kappa shape index (κ3) is 5.06. The number of aryl methyl sites for hydroxylation is 1. The number of amides is 1. The van der Waals surface area contributed by atoms with Crippen LogP contribution < -0.4 is 5.32 Å². The number of halogens is 2. The summed E-state index contributed by atoms with van der Waals surface area (Å²) in [5.41, 5.74) is 0.811. The molecule has 0 spiro atoms. The largest absolute Gasteiger partial charge is 0.311 e. The van der Waals surface area contributed by atoms with Crippen molar-refractivity contribution in [2.24, 2.45) is 0 Å². The summed E-state index contributed by atoms with van der Waals surface area (Å²) in [5, 5.41) is 2.68. The zero-order valence-corrected chi connectivity index (χ0v) is 11.0. The fraction of sp³-hybridized carbons (Fsp3) is 0.143. The van der Waals surface area contributed by atoms with Crippen molar-refractivity contribution in [3.05, 3.63) is 60.0 Å². The van der Waals surface area contributed by atoms with E-state index in [1.807, 2.05) is 0 Å². The SMILES string of the molecule is Cl.O=C(CCc1cccc(F)c1)Nc1ccccn1. The quantitative estimate of drug-likeness (QED) is 0.934. The molecule has 2 rings (SSSR count). The van der Waals surface area contributed by atoms with E-state index in [0.717, 1.165) is 5.56 Å². The van der Waals surface area contributed by atoms with Crippen LogP contribution in [-0.4, -0.2) is 10.9 Å². The van der Waals surface area contributed by atoms with E-state index in [-0.39, 0.29) is 24.1 Å². The normalized spacial score (nSPS) is 9.53. The van der Waals surface area contributed by atoms with Crippen LogP contribution in [0.25, 0.3) is 0 Å². The summed E-state index contributed by atoms with van der Waals surface area (Å²) in [6, 6.07) is 11.6. The van der Waals surface area contributed by atoms with Gasteiger partial charge < -0.3 is 5.32 Å². The highest BCUT2D eigenvalue weighted by Gasteiger charge is 2.04. The minimum atomic E-state index is -0.280. The maximum atomic E-state index is 12.9. The van der Waals surface area contributed by atoms with Crippen LogP contribution >= 0.6 is 12.4 Å². The van der Waals surface area contributed by atoms with Crippen LogP contribution in [-0.2, 0) is 11.2 Å². The van der Waals surface area contributed by atoms with Gasteiger partial charge in [-0.05, 0) is 36.2 Å². The third-order valence-corrected chi connectivity index (χ3v) is 2.46. The molecule has 1 N–H and O–H groups in total. The van der Waals surface area contributed by atoms with E-state index in [1.54, 1.807) is 36.5 Å². The van der Waals surface area contributed by atoms with Gasteiger partial charge in [0.25, 0.3) is 0 Å². The van der Waals surface area contributed by atoms with Gasteiger partial charge in [-0.3, -0.25) is 4.79 Å². The van der Waals surface area contributed by atoms with Crippen LogP contribution in [0.5, 0.6) is 0 Å². The van der Waals surface area contributed by atoms with Crippen molar-refractivity contribution in [2.75, 3.05) is 5.32 Å². The fourth-order valence-corrected chi connectivity index (χ4v) is 1.59. The number of carbonyl (C=O) groups is 1. The van der Waals surface area contributed by atoms with E-state index in [4.69, 9.17) is 0 Å². The molecule has 1 amide bonds. The molecule has 0 fully saturated rings. The third-order valence-electron chi connectivity index (χ3n) is 2.46. The molecule has 5 heteroatoms. The van der Waals surface area contributed by atoms with E-state index in [9.17, 15) is 9.18 Å². The number of rotatable bonds is 4. The molecule has 3 nitrogen and oxygen atoms in total. The number of aromatic nitrogens is 1. The molecule has 1 heterocycles. The highest BCUT2D eigenvalue weighted by molar-refractivity contribution is 5.89. The minimum Gasteiger partial charge on any atom is -0.311 e. The Morgan fingerprint density at radius 3 is 2.74 bits per heavy atom. The summed E-state index contributed by atoms with van der Waals surface area (Å²) >= 11 is 0. The molecule has 0 radical (unpaired) electrons. The van der Waals surface area contributed by atoms with Crippen LogP contribution in [0.3, 0.4) is 0 Å². The van der Waals surface area contributed by atoms with Crippen molar-refractivity contribution < 1.29 is 9.18 Å². The topological polar surface area (TPSA) is 42.0 Å². The first kappa shape index (κ1) is 15.1. The second kappa shape index (κ2) is 7.48.